The summed E-state index contributed by atoms with van der Waals surface area (Å²) in [6.07, 6.45) is 0. The van der Waals surface area contributed by atoms with Crippen LogP contribution in [0, 0.1) is 13.8 Å². The molecule has 2 amide bonds. The molecule has 5 heteroatoms. The van der Waals surface area contributed by atoms with E-state index >= 15 is 0 Å². The van der Waals surface area contributed by atoms with E-state index in [-0.39, 0.29) is 11.9 Å². The van der Waals surface area contributed by atoms with Gasteiger partial charge in [-0.3, -0.25) is 9.59 Å². The number of benzene rings is 1. The summed E-state index contributed by atoms with van der Waals surface area (Å²) in [6.45, 7) is 6.04. The lowest BCUT2D eigenvalue weighted by molar-refractivity contribution is 0.0944. The highest BCUT2D eigenvalue weighted by atomic mass is 32.1. The number of rotatable bonds is 4. The zero-order valence-electron chi connectivity index (χ0n) is 12.3. The minimum Gasteiger partial charge on any atom is -0.366 e. The third-order valence-corrected chi connectivity index (χ3v) is 4.50. The highest BCUT2D eigenvalue weighted by Crippen LogP contribution is 2.21. The number of hydrogen-bond acceptors (Lipinski definition) is 3. The molecule has 1 atom stereocenters. The van der Waals surface area contributed by atoms with Gasteiger partial charge >= 0.3 is 0 Å². The first-order valence-corrected chi connectivity index (χ1v) is 7.53. The molecule has 3 N–H and O–H groups in total. The van der Waals surface area contributed by atoms with E-state index < -0.39 is 5.91 Å². The average molecular weight is 302 g/mol. The summed E-state index contributed by atoms with van der Waals surface area (Å²) in [7, 11) is 0. The molecule has 1 aromatic carbocycles. The molecule has 0 saturated carbocycles. The van der Waals surface area contributed by atoms with Gasteiger partial charge in [0.2, 0.25) is 5.91 Å². The second-order valence-electron chi connectivity index (χ2n) is 5.05. The maximum absolute atomic E-state index is 12.2. The van der Waals surface area contributed by atoms with E-state index in [2.05, 4.69) is 5.32 Å². The van der Waals surface area contributed by atoms with E-state index in [1.165, 1.54) is 28.5 Å². The molecule has 0 radical (unpaired) electrons. The van der Waals surface area contributed by atoms with E-state index in [1.54, 1.807) is 5.38 Å². The Morgan fingerprint density at radius 2 is 2.00 bits per heavy atom. The quantitative estimate of drug-likeness (QED) is 0.911. The molecule has 2 rings (SSSR count). The van der Waals surface area contributed by atoms with Crippen LogP contribution >= 0.6 is 11.3 Å². The van der Waals surface area contributed by atoms with Crippen LogP contribution < -0.4 is 11.1 Å². The second kappa shape index (κ2) is 6.10. The Balaban J connectivity index is 2.14. The monoisotopic (exact) mass is 302 g/mol. The van der Waals surface area contributed by atoms with Crippen LogP contribution in [0.25, 0.3) is 0 Å². The van der Waals surface area contributed by atoms with Gasteiger partial charge in [0.05, 0.1) is 16.5 Å². The molecule has 0 bridgehead atoms. The van der Waals surface area contributed by atoms with E-state index in [4.69, 9.17) is 5.73 Å². The summed E-state index contributed by atoms with van der Waals surface area (Å²) >= 11 is 1.22. The molecular formula is C16H18N2O2S. The van der Waals surface area contributed by atoms with E-state index in [9.17, 15) is 9.59 Å². The minimum absolute atomic E-state index is 0.100. The van der Waals surface area contributed by atoms with Gasteiger partial charge in [0.15, 0.2) is 0 Å². The smallest absolute Gasteiger partial charge is 0.261 e. The number of aryl methyl sites for hydroxylation is 1. The zero-order chi connectivity index (χ0) is 15.6. The van der Waals surface area contributed by atoms with Crippen LogP contribution in [-0.2, 0) is 0 Å². The Bertz CT molecular complexity index is 691. The standard InChI is InChI=1S/C16H18N2O2S/c1-9-5-4-6-13(10(9)2)11(3)18-16(20)14-7-12(8-21-14)15(17)19/h4-8,11H,1-3H3,(H2,17,19)(H,18,20). The maximum atomic E-state index is 12.2. The van der Waals surface area contributed by atoms with Crippen LogP contribution in [0.5, 0.6) is 0 Å². The SMILES string of the molecule is Cc1cccc(C(C)NC(=O)c2cc(C(N)=O)cs2)c1C. The van der Waals surface area contributed by atoms with Crippen molar-refractivity contribution in [3.8, 4) is 0 Å². The summed E-state index contributed by atoms with van der Waals surface area (Å²) in [6, 6.07) is 7.47. The van der Waals surface area contributed by atoms with Crippen LogP contribution in [0.2, 0.25) is 0 Å². The van der Waals surface area contributed by atoms with E-state index in [0.717, 1.165) is 5.56 Å². The molecule has 4 nitrogen and oxygen atoms in total. The number of amides is 2. The Kier molecular flexibility index (Phi) is 4.43. The van der Waals surface area contributed by atoms with Crippen molar-refractivity contribution in [3.63, 3.8) is 0 Å². The van der Waals surface area contributed by atoms with Gasteiger partial charge in [0, 0.05) is 5.38 Å². The molecule has 2 aromatic rings. The molecule has 0 aliphatic rings. The number of nitrogens with two attached hydrogens (primary N) is 1. The molecule has 0 fully saturated rings. The largest absolute Gasteiger partial charge is 0.366 e. The second-order valence-corrected chi connectivity index (χ2v) is 5.96. The zero-order valence-corrected chi connectivity index (χ0v) is 13.1. The van der Waals surface area contributed by atoms with Gasteiger partial charge < -0.3 is 11.1 Å². The lowest BCUT2D eigenvalue weighted by Gasteiger charge is -2.17. The molecule has 0 saturated heterocycles. The first kappa shape index (κ1) is 15.3. The van der Waals surface area contributed by atoms with Crippen molar-refractivity contribution in [2.24, 2.45) is 5.73 Å². The van der Waals surface area contributed by atoms with Crippen molar-refractivity contribution >= 4 is 23.2 Å². The summed E-state index contributed by atoms with van der Waals surface area (Å²) in [5.41, 5.74) is 9.02. The van der Waals surface area contributed by atoms with Crippen LogP contribution in [0.3, 0.4) is 0 Å². The van der Waals surface area contributed by atoms with Gasteiger partial charge in [0.25, 0.3) is 5.91 Å². The van der Waals surface area contributed by atoms with Gasteiger partial charge in [-0.2, -0.15) is 0 Å². The average Bonchev–Trinajstić information content (AvgIpc) is 2.91. The molecular weight excluding hydrogens is 284 g/mol. The number of carbonyl (C=O) groups excluding carboxylic acids is 2. The summed E-state index contributed by atoms with van der Waals surface area (Å²) in [4.78, 5) is 23.8. The molecule has 0 spiro atoms. The van der Waals surface area contributed by atoms with Crippen molar-refractivity contribution in [1.29, 1.82) is 0 Å². The van der Waals surface area contributed by atoms with Crippen LogP contribution in [-0.4, -0.2) is 11.8 Å². The van der Waals surface area contributed by atoms with Crippen LogP contribution in [0.4, 0.5) is 0 Å². The molecule has 0 aliphatic carbocycles. The Morgan fingerprint density at radius 1 is 1.29 bits per heavy atom. The fraction of sp³-hybridized carbons (Fsp3) is 0.250. The number of hydrogen-bond donors (Lipinski definition) is 2. The number of carbonyl (C=O) groups is 2. The normalized spacial score (nSPS) is 12.0. The van der Waals surface area contributed by atoms with Crippen molar-refractivity contribution in [1.82, 2.24) is 5.32 Å². The van der Waals surface area contributed by atoms with Gasteiger partial charge in [0.1, 0.15) is 0 Å². The summed E-state index contributed by atoms with van der Waals surface area (Å²) in [5.74, 6) is -0.714. The lowest BCUT2D eigenvalue weighted by atomic mass is 9.98. The van der Waals surface area contributed by atoms with Crippen molar-refractivity contribution < 1.29 is 9.59 Å². The minimum atomic E-state index is -0.520. The van der Waals surface area contributed by atoms with Crippen molar-refractivity contribution in [2.75, 3.05) is 0 Å². The first-order valence-electron chi connectivity index (χ1n) is 6.65. The van der Waals surface area contributed by atoms with Gasteiger partial charge in [-0.15, -0.1) is 11.3 Å². The van der Waals surface area contributed by atoms with Crippen molar-refractivity contribution in [2.45, 2.75) is 26.8 Å². The lowest BCUT2D eigenvalue weighted by Crippen LogP contribution is -2.26. The molecule has 1 unspecified atom stereocenters. The Hall–Kier alpha value is -2.14. The topological polar surface area (TPSA) is 72.2 Å². The van der Waals surface area contributed by atoms with Crippen LogP contribution in [0.15, 0.2) is 29.6 Å². The number of primary amides is 1. The molecule has 21 heavy (non-hydrogen) atoms. The third kappa shape index (κ3) is 3.31. The van der Waals surface area contributed by atoms with Gasteiger partial charge in [-0.1, -0.05) is 18.2 Å². The predicted octanol–water partition coefficient (Wildman–Crippen LogP) is 2.95. The fourth-order valence-corrected chi connectivity index (χ4v) is 2.97. The highest BCUT2D eigenvalue weighted by molar-refractivity contribution is 7.12. The maximum Gasteiger partial charge on any atom is 0.261 e. The fourth-order valence-electron chi connectivity index (χ4n) is 2.17. The van der Waals surface area contributed by atoms with E-state index in [0.29, 0.717) is 10.4 Å². The van der Waals surface area contributed by atoms with E-state index in [1.807, 2.05) is 39.0 Å². The summed E-state index contributed by atoms with van der Waals surface area (Å²) < 4.78 is 0. The first-order chi connectivity index (χ1) is 9.90. The molecule has 1 heterocycles. The number of nitrogens with one attached hydrogen (secondary N) is 1. The number of thiophene rings is 1. The molecule has 1 aromatic heterocycles. The predicted molar refractivity (Wildman–Crippen MR) is 84.6 cm³/mol. The van der Waals surface area contributed by atoms with Gasteiger partial charge in [-0.05, 0) is 43.5 Å². The third-order valence-electron chi connectivity index (χ3n) is 3.57. The molecule has 110 valence electrons. The van der Waals surface area contributed by atoms with Crippen LogP contribution in [0.1, 0.15) is 49.7 Å². The highest BCUT2D eigenvalue weighted by Gasteiger charge is 2.16. The molecule has 0 aliphatic heterocycles. The Morgan fingerprint density at radius 3 is 2.62 bits per heavy atom. The Labute approximate surface area is 128 Å². The summed E-state index contributed by atoms with van der Waals surface area (Å²) in [5, 5.41) is 4.55. The van der Waals surface area contributed by atoms with Crippen molar-refractivity contribution in [3.05, 3.63) is 56.8 Å². The van der Waals surface area contributed by atoms with Gasteiger partial charge in [-0.25, -0.2) is 0 Å².